The molecule has 0 heterocycles. The Labute approximate surface area is 110 Å². The molecule has 2 aromatic carbocycles. The van der Waals surface area contributed by atoms with Crippen LogP contribution in [0, 0.1) is 5.92 Å². The normalized spacial score (nSPS) is 11.3. The van der Waals surface area contributed by atoms with Gasteiger partial charge in [-0.05, 0) is 29.0 Å². The third-order valence-electron chi connectivity index (χ3n) is 2.89. The lowest BCUT2D eigenvalue weighted by atomic mass is 10.0. The van der Waals surface area contributed by atoms with Crippen molar-refractivity contribution in [2.75, 3.05) is 0 Å². The topological polar surface area (TPSA) is 0 Å². The van der Waals surface area contributed by atoms with Gasteiger partial charge in [0, 0.05) is 0 Å². The summed E-state index contributed by atoms with van der Waals surface area (Å²) in [6.07, 6.45) is 5.47. The Bertz CT molecular complexity index is 489. The van der Waals surface area contributed by atoms with Crippen molar-refractivity contribution in [3.05, 3.63) is 71.3 Å². The van der Waals surface area contributed by atoms with Crippen molar-refractivity contribution in [3.63, 3.8) is 0 Å². The molecule has 2 rings (SSSR count). The molecule has 92 valence electrons. The van der Waals surface area contributed by atoms with Crippen LogP contribution < -0.4 is 0 Å². The minimum absolute atomic E-state index is 0.718. The number of benzene rings is 2. The van der Waals surface area contributed by atoms with Gasteiger partial charge in [0.05, 0.1) is 0 Å². The van der Waals surface area contributed by atoms with Crippen molar-refractivity contribution in [2.45, 2.75) is 20.3 Å². The molecular weight excluding hydrogens is 216 g/mol. The first-order chi connectivity index (χ1) is 8.74. The summed E-state index contributed by atoms with van der Waals surface area (Å²) in [7, 11) is 0. The van der Waals surface area contributed by atoms with E-state index in [1.807, 2.05) is 6.07 Å². The first kappa shape index (κ1) is 12.6. The maximum Gasteiger partial charge on any atom is -0.0256 e. The molecule has 0 aliphatic carbocycles. The third kappa shape index (κ3) is 3.89. The van der Waals surface area contributed by atoms with E-state index in [-0.39, 0.29) is 0 Å². The Morgan fingerprint density at radius 1 is 0.778 bits per heavy atom. The van der Waals surface area contributed by atoms with Crippen LogP contribution in [-0.4, -0.2) is 0 Å². The lowest BCUT2D eigenvalue weighted by Gasteiger charge is -2.04. The number of hydrogen-bond acceptors (Lipinski definition) is 0. The van der Waals surface area contributed by atoms with Gasteiger partial charge < -0.3 is 0 Å². The highest BCUT2D eigenvalue weighted by Crippen LogP contribution is 2.12. The summed E-state index contributed by atoms with van der Waals surface area (Å²) in [6.45, 7) is 4.51. The minimum atomic E-state index is 0.718. The van der Waals surface area contributed by atoms with Gasteiger partial charge in [-0.25, -0.2) is 0 Å². The van der Waals surface area contributed by atoms with Crippen LogP contribution in [0.4, 0.5) is 0 Å². The molecule has 18 heavy (non-hydrogen) atoms. The summed E-state index contributed by atoms with van der Waals surface area (Å²) >= 11 is 0. The Kier molecular flexibility index (Phi) is 4.35. The molecular formula is C18H20. The standard InChI is InChI=1S/C18H20/c1-15(2)14-18-12-10-17(11-13-18)9-8-16-6-4-3-5-7-16/h3-13,15H,14H2,1-2H3. The number of hydrogen-bond donors (Lipinski definition) is 0. The van der Waals surface area contributed by atoms with Gasteiger partial charge in [0.2, 0.25) is 0 Å². The van der Waals surface area contributed by atoms with E-state index in [2.05, 4.69) is 74.5 Å². The second-order valence-electron chi connectivity index (χ2n) is 5.08. The summed E-state index contributed by atoms with van der Waals surface area (Å²) in [6, 6.07) is 19.2. The predicted octanol–water partition coefficient (Wildman–Crippen LogP) is 5.06. The van der Waals surface area contributed by atoms with E-state index in [1.54, 1.807) is 0 Å². The smallest absolute Gasteiger partial charge is 0.0256 e. The molecule has 0 amide bonds. The SMILES string of the molecule is CC(C)Cc1ccc(C=Cc2ccccc2)cc1. The first-order valence-corrected chi connectivity index (χ1v) is 6.56. The minimum Gasteiger partial charge on any atom is -0.0625 e. The van der Waals surface area contributed by atoms with Gasteiger partial charge >= 0.3 is 0 Å². The Balaban J connectivity index is 2.04. The van der Waals surface area contributed by atoms with Crippen LogP contribution in [0.2, 0.25) is 0 Å². The van der Waals surface area contributed by atoms with Crippen LogP contribution in [0.25, 0.3) is 12.2 Å². The molecule has 0 N–H and O–H groups in total. The lowest BCUT2D eigenvalue weighted by molar-refractivity contribution is 0.647. The highest BCUT2D eigenvalue weighted by atomic mass is 14.0. The van der Waals surface area contributed by atoms with Gasteiger partial charge in [-0.2, -0.15) is 0 Å². The average molecular weight is 236 g/mol. The molecule has 0 saturated heterocycles. The molecule has 0 aliphatic rings. The predicted molar refractivity (Wildman–Crippen MR) is 80.4 cm³/mol. The summed E-state index contributed by atoms with van der Waals surface area (Å²) in [5.74, 6) is 0.718. The van der Waals surface area contributed by atoms with Crippen molar-refractivity contribution in [1.29, 1.82) is 0 Å². The highest BCUT2D eigenvalue weighted by Gasteiger charge is 1.96. The second kappa shape index (κ2) is 6.20. The first-order valence-electron chi connectivity index (χ1n) is 6.56. The molecule has 0 nitrogen and oxygen atoms in total. The molecule has 0 bridgehead atoms. The van der Waals surface area contributed by atoms with E-state index in [4.69, 9.17) is 0 Å². The van der Waals surface area contributed by atoms with Gasteiger partial charge in [0.15, 0.2) is 0 Å². The van der Waals surface area contributed by atoms with Crippen molar-refractivity contribution in [2.24, 2.45) is 5.92 Å². The fourth-order valence-electron chi connectivity index (χ4n) is 1.99. The van der Waals surface area contributed by atoms with Gasteiger partial charge in [-0.3, -0.25) is 0 Å². The largest absolute Gasteiger partial charge is 0.0625 e. The zero-order chi connectivity index (χ0) is 12.8. The van der Waals surface area contributed by atoms with Crippen molar-refractivity contribution >= 4 is 12.2 Å². The summed E-state index contributed by atoms with van der Waals surface area (Å²) in [5, 5.41) is 0. The van der Waals surface area contributed by atoms with E-state index in [1.165, 1.54) is 16.7 Å². The third-order valence-corrected chi connectivity index (χ3v) is 2.89. The number of rotatable bonds is 4. The molecule has 0 heteroatoms. The fraction of sp³-hybridized carbons (Fsp3) is 0.222. The van der Waals surface area contributed by atoms with Crippen molar-refractivity contribution < 1.29 is 0 Å². The molecule has 0 radical (unpaired) electrons. The van der Waals surface area contributed by atoms with Crippen LogP contribution in [-0.2, 0) is 6.42 Å². The van der Waals surface area contributed by atoms with Crippen LogP contribution in [0.15, 0.2) is 54.6 Å². The van der Waals surface area contributed by atoms with Crippen LogP contribution >= 0.6 is 0 Å². The maximum atomic E-state index is 2.25. The van der Waals surface area contributed by atoms with E-state index >= 15 is 0 Å². The molecule has 0 atom stereocenters. The molecule has 0 unspecified atom stereocenters. The van der Waals surface area contributed by atoms with Gasteiger partial charge in [0.25, 0.3) is 0 Å². The monoisotopic (exact) mass is 236 g/mol. The lowest BCUT2D eigenvalue weighted by Crippen LogP contribution is -1.93. The molecule has 0 aliphatic heterocycles. The average Bonchev–Trinajstić information content (AvgIpc) is 2.38. The van der Waals surface area contributed by atoms with Crippen molar-refractivity contribution in [3.8, 4) is 0 Å². The molecule has 0 fully saturated rings. The quantitative estimate of drug-likeness (QED) is 0.651. The maximum absolute atomic E-state index is 2.25. The van der Waals surface area contributed by atoms with Crippen LogP contribution in [0.1, 0.15) is 30.5 Å². The molecule has 2 aromatic rings. The van der Waals surface area contributed by atoms with Gasteiger partial charge in [-0.1, -0.05) is 80.6 Å². The van der Waals surface area contributed by atoms with E-state index in [9.17, 15) is 0 Å². The fourth-order valence-corrected chi connectivity index (χ4v) is 1.99. The summed E-state index contributed by atoms with van der Waals surface area (Å²) in [5.41, 5.74) is 3.91. The van der Waals surface area contributed by atoms with Crippen molar-refractivity contribution in [1.82, 2.24) is 0 Å². The zero-order valence-corrected chi connectivity index (χ0v) is 11.1. The van der Waals surface area contributed by atoms with E-state index in [0.717, 1.165) is 12.3 Å². The Morgan fingerprint density at radius 2 is 1.33 bits per heavy atom. The molecule has 0 spiro atoms. The highest BCUT2D eigenvalue weighted by molar-refractivity contribution is 5.69. The molecule has 0 aromatic heterocycles. The second-order valence-corrected chi connectivity index (χ2v) is 5.08. The Morgan fingerprint density at radius 3 is 1.89 bits per heavy atom. The summed E-state index contributed by atoms with van der Waals surface area (Å²) < 4.78 is 0. The summed E-state index contributed by atoms with van der Waals surface area (Å²) in [4.78, 5) is 0. The zero-order valence-electron chi connectivity index (χ0n) is 11.1. The Hall–Kier alpha value is -1.82. The van der Waals surface area contributed by atoms with E-state index in [0.29, 0.717) is 0 Å². The van der Waals surface area contributed by atoms with Gasteiger partial charge in [0.1, 0.15) is 0 Å². The van der Waals surface area contributed by atoms with E-state index < -0.39 is 0 Å². The molecule has 0 saturated carbocycles. The van der Waals surface area contributed by atoms with Crippen LogP contribution in [0.3, 0.4) is 0 Å². The van der Waals surface area contributed by atoms with Gasteiger partial charge in [-0.15, -0.1) is 0 Å². The van der Waals surface area contributed by atoms with Crippen LogP contribution in [0.5, 0.6) is 0 Å².